The second kappa shape index (κ2) is 5.49. The first-order valence-corrected chi connectivity index (χ1v) is 6.32. The summed E-state index contributed by atoms with van der Waals surface area (Å²) >= 11 is 1.23. The third kappa shape index (κ3) is 3.54. The van der Waals surface area contributed by atoms with Crippen LogP contribution in [0.25, 0.3) is 0 Å². The van der Waals surface area contributed by atoms with Gasteiger partial charge in [-0.2, -0.15) is 0 Å². The molecular weight excluding hydrogens is 252 g/mol. The first-order chi connectivity index (χ1) is 8.25. The highest BCUT2D eigenvalue weighted by Crippen LogP contribution is 2.28. The molecule has 100 valence electrons. The SMILES string of the molecule is CONC(=O)c1sc(NC(=O)C(C)(C)C)cc1C. The molecule has 0 radical (unpaired) electrons. The average molecular weight is 270 g/mol. The monoisotopic (exact) mass is 270 g/mol. The van der Waals surface area contributed by atoms with Gasteiger partial charge >= 0.3 is 0 Å². The maximum Gasteiger partial charge on any atom is 0.285 e. The third-order valence-electron chi connectivity index (χ3n) is 2.24. The molecule has 2 amide bonds. The van der Waals surface area contributed by atoms with Crippen molar-refractivity contribution in [3.05, 3.63) is 16.5 Å². The van der Waals surface area contributed by atoms with Gasteiger partial charge in [0.1, 0.15) is 0 Å². The normalized spacial score (nSPS) is 11.2. The molecule has 0 spiro atoms. The molecule has 1 aromatic rings. The highest BCUT2D eigenvalue weighted by Gasteiger charge is 2.22. The third-order valence-corrected chi connectivity index (χ3v) is 3.39. The largest absolute Gasteiger partial charge is 0.317 e. The zero-order chi connectivity index (χ0) is 13.9. The maximum absolute atomic E-state index is 11.8. The Morgan fingerprint density at radius 1 is 1.33 bits per heavy atom. The smallest absolute Gasteiger partial charge is 0.285 e. The van der Waals surface area contributed by atoms with Crippen LogP contribution in [-0.2, 0) is 9.63 Å². The Hall–Kier alpha value is -1.40. The van der Waals surface area contributed by atoms with Crippen molar-refractivity contribution in [2.45, 2.75) is 27.7 Å². The Balaban J connectivity index is 2.85. The standard InChI is InChI=1S/C12H18N2O3S/c1-7-6-8(13-11(16)12(2,3)4)18-9(7)10(15)14-17-5/h6H,1-5H3,(H,13,16)(H,14,15). The van der Waals surface area contributed by atoms with Gasteiger partial charge in [-0.1, -0.05) is 20.8 Å². The summed E-state index contributed by atoms with van der Waals surface area (Å²) in [4.78, 5) is 28.5. The fourth-order valence-corrected chi connectivity index (χ4v) is 2.16. The molecule has 0 aliphatic carbocycles. The zero-order valence-corrected chi connectivity index (χ0v) is 12.0. The molecule has 5 nitrogen and oxygen atoms in total. The van der Waals surface area contributed by atoms with E-state index < -0.39 is 5.41 Å². The predicted octanol–water partition coefficient (Wildman–Crippen LogP) is 2.33. The summed E-state index contributed by atoms with van der Waals surface area (Å²) in [6.45, 7) is 7.32. The second-order valence-electron chi connectivity index (χ2n) is 4.96. The number of rotatable bonds is 3. The Morgan fingerprint density at radius 3 is 2.44 bits per heavy atom. The number of hydroxylamine groups is 1. The van der Waals surface area contributed by atoms with E-state index in [2.05, 4.69) is 15.6 Å². The van der Waals surface area contributed by atoms with Crippen LogP contribution in [-0.4, -0.2) is 18.9 Å². The molecule has 6 heteroatoms. The molecule has 0 aliphatic rings. The van der Waals surface area contributed by atoms with E-state index in [4.69, 9.17) is 0 Å². The lowest BCUT2D eigenvalue weighted by atomic mass is 9.96. The summed E-state index contributed by atoms with van der Waals surface area (Å²) in [6.07, 6.45) is 0. The van der Waals surface area contributed by atoms with E-state index in [1.54, 1.807) is 6.07 Å². The summed E-state index contributed by atoms with van der Waals surface area (Å²) in [6, 6.07) is 1.78. The van der Waals surface area contributed by atoms with Crippen LogP contribution in [0.15, 0.2) is 6.07 Å². The van der Waals surface area contributed by atoms with Crippen LogP contribution in [0.3, 0.4) is 0 Å². The minimum absolute atomic E-state index is 0.0811. The van der Waals surface area contributed by atoms with Crippen molar-refractivity contribution in [3.63, 3.8) is 0 Å². The van der Waals surface area contributed by atoms with Gasteiger partial charge in [0.15, 0.2) is 0 Å². The van der Waals surface area contributed by atoms with Gasteiger partial charge < -0.3 is 5.32 Å². The Morgan fingerprint density at radius 2 is 1.94 bits per heavy atom. The Kier molecular flexibility index (Phi) is 4.48. The topological polar surface area (TPSA) is 67.4 Å². The Bertz CT molecular complexity index is 460. The minimum Gasteiger partial charge on any atom is -0.317 e. The number of carbonyl (C=O) groups is 2. The van der Waals surface area contributed by atoms with Crippen LogP contribution >= 0.6 is 11.3 Å². The van der Waals surface area contributed by atoms with Crippen molar-refractivity contribution in [1.82, 2.24) is 5.48 Å². The number of aryl methyl sites for hydroxylation is 1. The first-order valence-electron chi connectivity index (χ1n) is 5.51. The van der Waals surface area contributed by atoms with E-state index >= 15 is 0 Å². The van der Waals surface area contributed by atoms with Crippen LogP contribution in [0.5, 0.6) is 0 Å². The lowest BCUT2D eigenvalue weighted by Gasteiger charge is -2.16. The fraction of sp³-hybridized carbons (Fsp3) is 0.500. The van der Waals surface area contributed by atoms with E-state index in [9.17, 15) is 9.59 Å². The number of thiophene rings is 1. The van der Waals surface area contributed by atoms with Gasteiger partial charge in [0, 0.05) is 5.41 Å². The molecular formula is C12H18N2O3S. The molecule has 0 fully saturated rings. The molecule has 0 bridgehead atoms. The summed E-state index contributed by atoms with van der Waals surface area (Å²) in [7, 11) is 1.38. The van der Waals surface area contributed by atoms with E-state index in [0.717, 1.165) is 5.56 Å². The van der Waals surface area contributed by atoms with E-state index in [0.29, 0.717) is 9.88 Å². The van der Waals surface area contributed by atoms with Crippen molar-refractivity contribution < 1.29 is 14.4 Å². The van der Waals surface area contributed by atoms with Crippen molar-refractivity contribution in [2.75, 3.05) is 12.4 Å². The van der Waals surface area contributed by atoms with Gasteiger partial charge in [0.2, 0.25) is 5.91 Å². The molecule has 1 aromatic heterocycles. The van der Waals surface area contributed by atoms with Gasteiger partial charge in [-0.3, -0.25) is 14.4 Å². The number of anilines is 1. The van der Waals surface area contributed by atoms with Gasteiger partial charge in [-0.15, -0.1) is 11.3 Å². The summed E-state index contributed by atoms with van der Waals surface area (Å²) in [5.41, 5.74) is 2.60. The number of nitrogens with one attached hydrogen (secondary N) is 2. The molecule has 0 unspecified atom stereocenters. The average Bonchev–Trinajstić information content (AvgIpc) is 2.58. The quantitative estimate of drug-likeness (QED) is 0.828. The molecule has 0 saturated heterocycles. The maximum atomic E-state index is 11.8. The van der Waals surface area contributed by atoms with Crippen molar-refractivity contribution in [3.8, 4) is 0 Å². The number of hydrogen-bond donors (Lipinski definition) is 2. The molecule has 0 aromatic carbocycles. The van der Waals surface area contributed by atoms with Crippen molar-refractivity contribution in [2.24, 2.45) is 5.41 Å². The first kappa shape index (κ1) is 14.7. The molecule has 2 N–H and O–H groups in total. The molecule has 0 saturated carbocycles. The fourth-order valence-electron chi connectivity index (χ4n) is 1.21. The molecule has 0 aliphatic heterocycles. The van der Waals surface area contributed by atoms with Crippen LogP contribution in [0, 0.1) is 12.3 Å². The highest BCUT2D eigenvalue weighted by atomic mass is 32.1. The van der Waals surface area contributed by atoms with Gasteiger partial charge in [-0.25, -0.2) is 5.48 Å². The number of carbonyl (C=O) groups excluding carboxylic acids is 2. The lowest BCUT2D eigenvalue weighted by molar-refractivity contribution is -0.123. The van der Waals surface area contributed by atoms with Crippen LogP contribution in [0.1, 0.15) is 36.0 Å². The summed E-state index contributed by atoms with van der Waals surface area (Å²) < 4.78 is 0. The lowest BCUT2D eigenvalue weighted by Crippen LogP contribution is -2.27. The number of amides is 2. The van der Waals surface area contributed by atoms with Gasteiger partial charge in [0.25, 0.3) is 5.91 Å². The predicted molar refractivity (Wildman–Crippen MR) is 71.6 cm³/mol. The molecule has 18 heavy (non-hydrogen) atoms. The highest BCUT2D eigenvalue weighted by molar-refractivity contribution is 7.18. The molecule has 0 atom stereocenters. The minimum atomic E-state index is -0.465. The van der Waals surface area contributed by atoms with Crippen molar-refractivity contribution in [1.29, 1.82) is 0 Å². The van der Waals surface area contributed by atoms with Gasteiger partial charge in [-0.05, 0) is 18.6 Å². The van der Waals surface area contributed by atoms with Crippen LogP contribution in [0.4, 0.5) is 5.00 Å². The van der Waals surface area contributed by atoms with E-state index in [1.165, 1.54) is 18.4 Å². The number of hydrogen-bond acceptors (Lipinski definition) is 4. The molecule has 1 rings (SSSR count). The van der Waals surface area contributed by atoms with E-state index in [1.807, 2.05) is 27.7 Å². The van der Waals surface area contributed by atoms with E-state index in [-0.39, 0.29) is 11.8 Å². The van der Waals surface area contributed by atoms with Crippen molar-refractivity contribution >= 4 is 28.2 Å². The van der Waals surface area contributed by atoms with Crippen LogP contribution in [0.2, 0.25) is 0 Å². The summed E-state index contributed by atoms with van der Waals surface area (Å²) in [5.74, 6) is -0.390. The van der Waals surface area contributed by atoms with Crippen LogP contribution < -0.4 is 10.8 Å². The summed E-state index contributed by atoms with van der Waals surface area (Å²) in [5, 5.41) is 3.46. The molecule has 1 heterocycles. The zero-order valence-electron chi connectivity index (χ0n) is 11.2. The second-order valence-corrected chi connectivity index (χ2v) is 6.01. The Labute approximate surface area is 110 Å². The van der Waals surface area contributed by atoms with Gasteiger partial charge in [0.05, 0.1) is 17.0 Å².